The molecule has 0 radical (unpaired) electrons. The third kappa shape index (κ3) is 36.4. The predicted molar refractivity (Wildman–Crippen MR) is 38.2 cm³/mol. The van der Waals surface area contributed by atoms with Crippen LogP contribution in [-0.2, 0) is 13.4 Å². The maximum absolute atomic E-state index is 9.63. The van der Waals surface area contributed by atoms with Crippen molar-refractivity contribution in [3.63, 3.8) is 0 Å². The molecule has 0 aliphatic heterocycles. The van der Waals surface area contributed by atoms with E-state index in [0.717, 1.165) is 0 Å². The quantitative estimate of drug-likeness (QED) is 0.284. The first-order valence-electron chi connectivity index (χ1n) is 1.53. The molecule has 0 heterocycles. The second-order valence-corrected chi connectivity index (χ2v) is 3.68. The molecule has 0 spiro atoms. The van der Waals surface area contributed by atoms with Crippen LogP contribution in [0.25, 0.3) is 0 Å². The molecule has 0 bridgehead atoms. The average molecular weight is 296 g/mol. The van der Waals surface area contributed by atoms with Gasteiger partial charge in [-0.2, -0.15) is 4.31 Å². The minimum absolute atomic E-state index is 0. The first-order chi connectivity index (χ1) is 3.71. The number of phosphoric acid groups is 2. The number of hydrogen-bond acceptors (Lipinski definition) is 3. The molecule has 0 saturated carbocycles. The van der Waals surface area contributed by atoms with Crippen molar-refractivity contribution in [2.24, 2.45) is 0 Å². The monoisotopic (exact) mass is 296 g/mol. The summed E-state index contributed by atoms with van der Waals surface area (Å²) in [5.74, 6) is 0. The fourth-order valence-electron chi connectivity index (χ4n) is 0.139. The maximum atomic E-state index is 9.63. The van der Waals surface area contributed by atoms with Crippen LogP contribution in [0.3, 0.4) is 0 Å². The third-order valence-corrected chi connectivity index (χ3v) is 1.91. The summed E-state index contributed by atoms with van der Waals surface area (Å²) in [4.78, 5) is 31.0. The minimum atomic E-state index is -5.05. The molecule has 0 unspecified atom stereocenters. The molecule has 84 valence electrons. The molecule has 0 rings (SSSR count). The molecule has 0 aliphatic rings. The van der Waals surface area contributed by atoms with Gasteiger partial charge in [-0.25, -0.2) is 9.13 Å². The van der Waals surface area contributed by atoms with Gasteiger partial charge < -0.3 is 38.9 Å². The average Bonchev–Trinajstić information content (AvgIpc) is 1.14. The molecule has 0 atom stereocenters. The first kappa shape index (κ1) is 36.0. The van der Waals surface area contributed by atoms with Gasteiger partial charge in [-0.05, 0) is 0 Å². The van der Waals surface area contributed by atoms with Crippen molar-refractivity contribution in [3.05, 3.63) is 0 Å². The Morgan fingerprint density at radius 3 is 1.00 bits per heavy atom. The topological polar surface area (TPSA) is 219 Å². The van der Waals surface area contributed by atoms with Gasteiger partial charge >= 0.3 is 96.6 Å². The van der Waals surface area contributed by atoms with Crippen LogP contribution >= 0.6 is 15.6 Å². The second-order valence-electron chi connectivity index (χ2n) is 1.06. The van der Waals surface area contributed by atoms with E-state index in [-0.39, 0.29) is 100 Å². The van der Waals surface area contributed by atoms with Crippen LogP contribution in [0.1, 0.15) is 2.85 Å². The van der Waals surface area contributed by atoms with Crippen LogP contribution in [0.4, 0.5) is 0 Å². The van der Waals surface area contributed by atoms with Crippen molar-refractivity contribution in [1.29, 1.82) is 0 Å². The van der Waals surface area contributed by atoms with E-state index in [2.05, 4.69) is 4.31 Å². The van der Waals surface area contributed by atoms with Crippen molar-refractivity contribution < 1.29 is 133 Å². The number of rotatable bonds is 2. The van der Waals surface area contributed by atoms with Gasteiger partial charge in [0, 0.05) is 0 Å². The van der Waals surface area contributed by atoms with Crippen LogP contribution in [0.2, 0.25) is 0 Å². The molecule has 10 N–H and O–H groups in total. The van der Waals surface area contributed by atoms with Gasteiger partial charge in [0.2, 0.25) is 0 Å². The SMILES string of the molecule is O.O.O.O=P(O)(O)OP(=O)(O)O.[H-].[H-].[K+].[Na+]. The van der Waals surface area contributed by atoms with Gasteiger partial charge in [-0.15, -0.1) is 0 Å². The van der Waals surface area contributed by atoms with E-state index < -0.39 is 15.6 Å². The van der Waals surface area contributed by atoms with Gasteiger partial charge in [-0.1, -0.05) is 0 Å². The fourth-order valence-corrected chi connectivity index (χ4v) is 1.25. The Kier molecular flexibility index (Phi) is 35.5. The summed E-state index contributed by atoms with van der Waals surface area (Å²) in [6.07, 6.45) is 0. The Balaban J connectivity index is -0.0000000152. The van der Waals surface area contributed by atoms with Gasteiger partial charge in [0.1, 0.15) is 0 Å². The molecule has 14 heteroatoms. The van der Waals surface area contributed by atoms with E-state index in [0.29, 0.717) is 0 Å². The molecule has 14 heavy (non-hydrogen) atoms. The van der Waals surface area contributed by atoms with Crippen molar-refractivity contribution in [2.45, 2.75) is 0 Å². The molecule has 10 nitrogen and oxygen atoms in total. The van der Waals surface area contributed by atoms with E-state index in [1.165, 1.54) is 0 Å². The predicted octanol–water partition coefficient (Wildman–Crippen LogP) is -9.05. The Labute approximate surface area is 147 Å². The fraction of sp³-hybridized carbons (Fsp3) is 0. The summed E-state index contributed by atoms with van der Waals surface area (Å²) in [5, 5.41) is 0. The van der Waals surface area contributed by atoms with E-state index in [4.69, 9.17) is 19.6 Å². The third-order valence-electron chi connectivity index (χ3n) is 0.213. The molecular weight excluding hydrogens is 284 g/mol. The summed E-state index contributed by atoms with van der Waals surface area (Å²) in [5.41, 5.74) is 0. The molecule has 0 saturated heterocycles. The molecule has 0 amide bonds. The zero-order valence-electron chi connectivity index (χ0n) is 9.41. The van der Waals surface area contributed by atoms with Crippen LogP contribution in [0.15, 0.2) is 0 Å². The molecule has 0 aliphatic carbocycles. The summed E-state index contributed by atoms with van der Waals surface area (Å²) in [7, 11) is -10.1. The molecule has 0 aromatic carbocycles. The van der Waals surface area contributed by atoms with Crippen LogP contribution in [-0.4, -0.2) is 36.0 Å². The maximum Gasteiger partial charge on any atom is 1.00 e. The Morgan fingerprint density at radius 2 is 1.00 bits per heavy atom. The summed E-state index contributed by atoms with van der Waals surface area (Å²) < 4.78 is 22.2. The molecular formula is H12KNaO10P2. The summed E-state index contributed by atoms with van der Waals surface area (Å²) in [6.45, 7) is 0. The Hall–Kier alpha value is 2.78. The van der Waals surface area contributed by atoms with E-state index in [1.54, 1.807) is 0 Å². The Bertz CT molecular complexity index is 167. The Morgan fingerprint density at radius 1 is 0.857 bits per heavy atom. The van der Waals surface area contributed by atoms with Gasteiger partial charge in [0.25, 0.3) is 0 Å². The minimum Gasteiger partial charge on any atom is -1.00 e. The van der Waals surface area contributed by atoms with E-state index in [9.17, 15) is 9.13 Å². The first-order valence-corrected chi connectivity index (χ1v) is 4.59. The summed E-state index contributed by atoms with van der Waals surface area (Å²) in [6, 6.07) is 0. The van der Waals surface area contributed by atoms with Gasteiger partial charge in [-0.3, -0.25) is 0 Å². The van der Waals surface area contributed by atoms with Crippen LogP contribution in [0, 0.1) is 0 Å². The van der Waals surface area contributed by atoms with E-state index >= 15 is 0 Å². The van der Waals surface area contributed by atoms with Crippen molar-refractivity contribution >= 4 is 15.6 Å². The van der Waals surface area contributed by atoms with Crippen LogP contribution < -0.4 is 80.9 Å². The standard InChI is InChI=1S/K.Na.H4O7P2.3H2O.2H/c;;1-8(2,3)7-9(4,5)6;;;;;/h;;(H2,1,2,3)(H2,4,5,6);3*1H2;;/q2*+1;;;;;2*-1. The van der Waals surface area contributed by atoms with Crippen molar-refractivity contribution in [1.82, 2.24) is 0 Å². The van der Waals surface area contributed by atoms with Crippen molar-refractivity contribution in [2.75, 3.05) is 0 Å². The largest absolute Gasteiger partial charge is 1.00 e. The molecule has 0 fully saturated rings. The van der Waals surface area contributed by atoms with Crippen molar-refractivity contribution in [3.8, 4) is 0 Å². The smallest absolute Gasteiger partial charge is 1.00 e. The van der Waals surface area contributed by atoms with Crippen LogP contribution in [0.5, 0.6) is 0 Å². The van der Waals surface area contributed by atoms with E-state index in [1.807, 2.05) is 0 Å². The zero-order valence-corrected chi connectivity index (χ0v) is 14.3. The zero-order chi connectivity index (χ0) is 7.71. The van der Waals surface area contributed by atoms with Gasteiger partial charge in [0.15, 0.2) is 0 Å². The number of hydrogen-bond donors (Lipinski definition) is 4. The normalized spacial score (nSPS) is 8.86. The van der Waals surface area contributed by atoms with Gasteiger partial charge in [0.05, 0.1) is 0 Å². The summed E-state index contributed by atoms with van der Waals surface area (Å²) >= 11 is 0. The second kappa shape index (κ2) is 13.8. The molecule has 0 aromatic rings. The molecule has 0 aromatic heterocycles.